The number of hydrogen-bond donors (Lipinski definition) is 1. The largest absolute Gasteiger partial charge is 0.329 e. The Bertz CT molecular complexity index is 306. The van der Waals surface area contributed by atoms with Gasteiger partial charge >= 0.3 is 0 Å². The number of nitrogens with zero attached hydrogens (tertiary/aromatic N) is 1. The zero-order chi connectivity index (χ0) is 11.6. The van der Waals surface area contributed by atoms with Crippen LogP contribution >= 0.6 is 43.2 Å². The Morgan fingerprint density at radius 3 is 2.40 bits per heavy atom. The number of thiophene rings is 1. The molecular weight excluding hydrogens is 340 g/mol. The van der Waals surface area contributed by atoms with Crippen LogP contribution in [0.1, 0.15) is 24.8 Å². The minimum absolute atomic E-state index is 0.303. The summed E-state index contributed by atoms with van der Waals surface area (Å²) in [5, 5.41) is 0. The van der Waals surface area contributed by atoms with E-state index in [1.54, 1.807) is 11.3 Å². The molecule has 0 aliphatic heterocycles. The molecular formula is C10H16Br2N2S. The van der Waals surface area contributed by atoms with Crippen molar-refractivity contribution in [1.29, 1.82) is 0 Å². The second-order valence-corrected chi connectivity index (χ2v) is 7.04. The van der Waals surface area contributed by atoms with Gasteiger partial charge in [-0.15, -0.1) is 11.3 Å². The highest BCUT2D eigenvalue weighted by Crippen LogP contribution is 2.37. The molecule has 0 aliphatic carbocycles. The minimum atomic E-state index is 0.303. The van der Waals surface area contributed by atoms with Crippen LogP contribution in [0.3, 0.4) is 0 Å². The molecule has 0 fully saturated rings. The van der Waals surface area contributed by atoms with Crippen molar-refractivity contribution in [2.75, 3.05) is 13.6 Å². The maximum Gasteiger partial charge on any atom is 0.0843 e. The van der Waals surface area contributed by atoms with Gasteiger partial charge < -0.3 is 5.73 Å². The fourth-order valence-corrected chi connectivity index (χ4v) is 3.63. The van der Waals surface area contributed by atoms with Crippen molar-refractivity contribution in [2.24, 2.45) is 5.73 Å². The molecule has 5 heteroatoms. The van der Waals surface area contributed by atoms with Crippen LogP contribution in [0.4, 0.5) is 0 Å². The normalized spacial score (nSPS) is 13.9. The first kappa shape index (κ1) is 13.6. The third kappa shape index (κ3) is 3.27. The third-order valence-corrected chi connectivity index (χ3v) is 5.88. The number of hydrogen-bond acceptors (Lipinski definition) is 3. The Hall–Kier alpha value is 0.580. The van der Waals surface area contributed by atoms with Gasteiger partial charge in [-0.05, 0) is 58.8 Å². The first-order chi connectivity index (χ1) is 6.97. The van der Waals surface area contributed by atoms with E-state index in [-0.39, 0.29) is 0 Å². The topological polar surface area (TPSA) is 29.3 Å². The molecule has 0 amide bonds. The second kappa shape index (κ2) is 5.77. The molecule has 1 rings (SSSR count). The van der Waals surface area contributed by atoms with Gasteiger partial charge in [-0.25, -0.2) is 0 Å². The van der Waals surface area contributed by atoms with E-state index >= 15 is 0 Å². The zero-order valence-electron chi connectivity index (χ0n) is 9.13. The Morgan fingerprint density at radius 2 is 2.07 bits per heavy atom. The van der Waals surface area contributed by atoms with Crippen LogP contribution in [0.5, 0.6) is 0 Å². The van der Waals surface area contributed by atoms with Gasteiger partial charge in [0.2, 0.25) is 0 Å². The van der Waals surface area contributed by atoms with Crippen LogP contribution in [0.25, 0.3) is 0 Å². The molecule has 15 heavy (non-hydrogen) atoms. The van der Waals surface area contributed by atoms with Gasteiger partial charge in [0.1, 0.15) is 0 Å². The molecule has 0 aromatic carbocycles. The summed E-state index contributed by atoms with van der Waals surface area (Å²) in [6.45, 7) is 5.01. The van der Waals surface area contributed by atoms with Crippen molar-refractivity contribution in [1.82, 2.24) is 4.90 Å². The summed E-state index contributed by atoms with van der Waals surface area (Å²) in [7, 11) is 2.11. The van der Waals surface area contributed by atoms with E-state index in [4.69, 9.17) is 5.73 Å². The highest BCUT2D eigenvalue weighted by molar-refractivity contribution is 9.13. The molecule has 86 valence electrons. The van der Waals surface area contributed by atoms with Gasteiger partial charge in [-0.2, -0.15) is 0 Å². The van der Waals surface area contributed by atoms with Gasteiger partial charge in [0.15, 0.2) is 0 Å². The van der Waals surface area contributed by atoms with E-state index in [0.717, 1.165) is 8.26 Å². The van der Waals surface area contributed by atoms with Crippen LogP contribution in [-0.2, 0) is 0 Å². The Balaban J connectivity index is 2.92. The van der Waals surface area contributed by atoms with E-state index in [2.05, 4.69) is 63.7 Å². The lowest BCUT2D eigenvalue weighted by atomic mass is 10.2. The summed E-state index contributed by atoms with van der Waals surface area (Å²) in [5.41, 5.74) is 5.84. The summed E-state index contributed by atoms with van der Waals surface area (Å²) in [4.78, 5) is 3.59. The first-order valence-electron chi connectivity index (χ1n) is 4.84. The fraction of sp³-hybridized carbons (Fsp3) is 0.600. The summed E-state index contributed by atoms with van der Waals surface area (Å²) in [6, 6.07) is 2.95. The Labute approximate surface area is 112 Å². The van der Waals surface area contributed by atoms with E-state index < -0.39 is 0 Å². The average molecular weight is 356 g/mol. The molecule has 1 aromatic rings. The lowest BCUT2D eigenvalue weighted by Gasteiger charge is -2.29. The molecule has 0 radical (unpaired) electrons. The lowest BCUT2D eigenvalue weighted by molar-refractivity contribution is 0.204. The molecule has 2 nitrogen and oxygen atoms in total. The molecule has 1 heterocycles. The standard InChI is InChI=1S/C10H16Br2N2S/c1-6(2)14(3)8(5-13)9-4-7(11)10(12)15-9/h4,6,8H,5,13H2,1-3H3. The number of halogens is 2. The van der Waals surface area contributed by atoms with Crippen LogP contribution in [-0.4, -0.2) is 24.5 Å². The van der Waals surface area contributed by atoms with Gasteiger partial charge in [0, 0.05) is 21.9 Å². The van der Waals surface area contributed by atoms with E-state index in [1.165, 1.54) is 4.88 Å². The average Bonchev–Trinajstić information content (AvgIpc) is 2.47. The lowest BCUT2D eigenvalue weighted by Crippen LogP contribution is -2.34. The summed E-state index contributed by atoms with van der Waals surface area (Å²) in [5.74, 6) is 0. The number of nitrogens with two attached hydrogens (primary N) is 1. The monoisotopic (exact) mass is 354 g/mol. The van der Waals surface area contributed by atoms with Crippen LogP contribution in [0, 0.1) is 0 Å². The molecule has 0 bridgehead atoms. The second-order valence-electron chi connectivity index (χ2n) is 3.78. The Morgan fingerprint density at radius 1 is 1.47 bits per heavy atom. The van der Waals surface area contributed by atoms with Gasteiger partial charge in [-0.3, -0.25) is 4.90 Å². The van der Waals surface area contributed by atoms with Crippen molar-refractivity contribution in [3.8, 4) is 0 Å². The summed E-state index contributed by atoms with van der Waals surface area (Å²) < 4.78 is 2.24. The Kier molecular flexibility index (Phi) is 5.25. The first-order valence-corrected chi connectivity index (χ1v) is 7.24. The zero-order valence-corrected chi connectivity index (χ0v) is 13.1. The molecule has 0 saturated carbocycles. The van der Waals surface area contributed by atoms with E-state index in [0.29, 0.717) is 18.6 Å². The van der Waals surface area contributed by atoms with Crippen molar-refractivity contribution in [2.45, 2.75) is 25.9 Å². The smallest absolute Gasteiger partial charge is 0.0843 e. The van der Waals surface area contributed by atoms with Crippen LogP contribution in [0.15, 0.2) is 14.3 Å². The maximum atomic E-state index is 5.84. The predicted molar refractivity (Wildman–Crippen MR) is 74.4 cm³/mol. The number of likely N-dealkylation sites (N-methyl/N-ethyl adjacent to an activating group) is 1. The van der Waals surface area contributed by atoms with Crippen molar-refractivity contribution in [3.63, 3.8) is 0 Å². The maximum absolute atomic E-state index is 5.84. The summed E-state index contributed by atoms with van der Waals surface area (Å²) in [6.07, 6.45) is 0. The molecule has 2 N–H and O–H groups in total. The van der Waals surface area contributed by atoms with Crippen LogP contribution < -0.4 is 5.73 Å². The highest BCUT2D eigenvalue weighted by atomic mass is 79.9. The fourth-order valence-electron chi connectivity index (χ4n) is 1.37. The molecule has 1 unspecified atom stereocenters. The van der Waals surface area contributed by atoms with E-state index in [9.17, 15) is 0 Å². The minimum Gasteiger partial charge on any atom is -0.329 e. The predicted octanol–water partition coefficient (Wildman–Crippen LogP) is 3.61. The third-order valence-electron chi connectivity index (χ3n) is 2.52. The van der Waals surface area contributed by atoms with Gasteiger partial charge in [0.25, 0.3) is 0 Å². The van der Waals surface area contributed by atoms with E-state index in [1.807, 2.05) is 0 Å². The molecule has 0 saturated heterocycles. The quantitative estimate of drug-likeness (QED) is 0.893. The highest BCUT2D eigenvalue weighted by Gasteiger charge is 2.20. The molecule has 1 aromatic heterocycles. The van der Waals surface area contributed by atoms with Crippen molar-refractivity contribution in [3.05, 3.63) is 19.2 Å². The van der Waals surface area contributed by atoms with Crippen molar-refractivity contribution < 1.29 is 0 Å². The SMILES string of the molecule is CC(C)N(C)C(CN)c1cc(Br)c(Br)s1. The number of rotatable bonds is 4. The van der Waals surface area contributed by atoms with Crippen molar-refractivity contribution >= 4 is 43.2 Å². The van der Waals surface area contributed by atoms with Gasteiger partial charge in [0.05, 0.1) is 9.83 Å². The molecule has 1 atom stereocenters. The van der Waals surface area contributed by atoms with Crippen LogP contribution in [0.2, 0.25) is 0 Å². The summed E-state index contributed by atoms with van der Waals surface area (Å²) >= 11 is 8.76. The molecule has 0 spiro atoms. The molecule has 0 aliphatic rings. The van der Waals surface area contributed by atoms with Gasteiger partial charge in [-0.1, -0.05) is 0 Å².